The number of amides is 1. The maximum atomic E-state index is 12.5. The summed E-state index contributed by atoms with van der Waals surface area (Å²) in [6.07, 6.45) is -5.19. The number of alkyl halides is 3. The standard InChI is InChI=1S/C11H11F3N2O3/c12-11(13,14)8-6-16(4-5-19-8)10(18)7-2-1-3-15-9(7)17/h1-3,8H,4-6H2,(H,15,17). The van der Waals surface area contributed by atoms with Crippen LogP contribution in [0.25, 0.3) is 0 Å². The van der Waals surface area contributed by atoms with Crippen LogP contribution in [0.15, 0.2) is 23.1 Å². The van der Waals surface area contributed by atoms with Crippen molar-refractivity contribution in [3.63, 3.8) is 0 Å². The Morgan fingerprint density at radius 1 is 1.47 bits per heavy atom. The zero-order valence-electron chi connectivity index (χ0n) is 9.74. The highest BCUT2D eigenvalue weighted by Crippen LogP contribution is 2.26. The fourth-order valence-corrected chi connectivity index (χ4v) is 1.79. The Hall–Kier alpha value is -1.83. The molecular weight excluding hydrogens is 265 g/mol. The minimum absolute atomic E-state index is 0.0275. The number of halogens is 3. The second-order valence-electron chi connectivity index (χ2n) is 4.07. The number of nitrogens with one attached hydrogen (secondary N) is 1. The van der Waals surface area contributed by atoms with Crippen LogP contribution in [0, 0.1) is 0 Å². The predicted octanol–water partition coefficient (Wildman–Crippen LogP) is 0.778. The van der Waals surface area contributed by atoms with Gasteiger partial charge in [-0.25, -0.2) is 0 Å². The van der Waals surface area contributed by atoms with Crippen LogP contribution in [0.5, 0.6) is 0 Å². The first-order valence-electron chi connectivity index (χ1n) is 5.55. The molecule has 8 heteroatoms. The summed E-state index contributed by atoms with van der Waals surface area (Å²) in [6.45, 7) is -0.781. The maximum absolute atomic E-state index is 12.5. The Labute approximate surface area is 106 Å². The number of carbonyl (C=O) groups excluding carboxylic acids is 1. The van der Waals surface area contributed by atoms with E-state index in [4.69, 9.17) is 0 Å². The van der Waals surface area contributed by atoms with Crippen molar-refractivity contribution in [2.24, 2.45) is 0 Å². The Kier molecular flexibility index (Phi) is 3.61. The van der Waals surface area contributed by atoms with Gasteiger partial charge in [-0.3, -0.25) is 9.59 Å². The molecule has 2 rings (SSSR count). The third-order valence-electron chi connectivity index (χ3n) is 2.77. The van der Waals surface area contributed by atoms with Crippen molar-refractivity contribution >= 4 is 5.91 Å². The van der Waals surface area contributed by atoms with Crippen molar-refractivity contribution in [3.05, 3.63) is 34.2 Å². The number of nitrogens with zero attached hydrogens (tertiary/aromatic N) is 1. The highest BCUT2D eigenvalue weighted by molar-refractivity contribution is 5.93. The van der Waals surface area contributed by atoms with Crippen molar-refractivity contribution in [1.82, 2.24) is 9.88 Å². The molecule has 1 fully saturated rings. The van der Waals surface area contributed by atoms with Gasteiger partial charge in [0.2, 0.25) is 0 Å². The van der Waals surface area contributed by atoms with Crippen LogP contribution in [-0.4, -0.2) is 47.8 Å². The molecule has 1 aromatic heterocycles. The van der Waals surface area contributed by atoms with Gasteiger partial charge in [-0.05, 0) is 12.1 Å². The summed E-state index contributed by atoms with van der Waals surface area (Å²) in [7, 11) is 0. The molecule has 0 bridgehead atoms. The van der Waals surface area contributed by atoms with Crippen LogP contribution < -0.4 is 5.56 Å². The average molecular weight is 276 g/mol. The smallest absolute Gasteiger partial charge is 0.365 e. The summed E-state index contributed by atoms with van der Waals surface area (Å²) in [4.78, 5) is 26.7. The molecule has 1 aromatic rings. The second kappa shape index (κ2) is 5.04. The molecule has 0 aromatic carbocycles. The second-order valence-corrected chi connectivity index (χ2v) is 4.07. The summed E-state index contributed by atoms with van der Waals surface area (Å²) in [5.74, 6) is -0.723. The molecule has 1 amide bonds. The van der Waals surface area contributed by atoms with Crippen molar-refractivity contribution < 1.29 is 22.7 Å². The minimum atomic E-state index is -4.53. The lowest BCUT2D eigenvalue weighted by atomic mass is 10.2. The molecule has 1 aliphatic rings. The van der Waals surface area contributed by atoms with E-state index < -0.39 is 30.3 Å². The number of hydrogen-bond acceptors (Lipinski definition) is 3. The first-order valence-corrected chi connectivity index (χ1v) is 5.55. The number of ether oxygens (including phenoxy) is 1. The maximum Gasteiger partial charge on any atom is 0.416 e. The van der Waals surface area contributed by atoms with E-state index in [1.54, 1.807) is 0 Å². The summed E-state index contributed by atoms with van der Waals surface area (Å²) >= 11 is 0. The molecule has 1 saturated heterocycles. The van der Waals surface area contributed by atoms with Gasteiger partial charge in [-0.15, -0.1) is 0 Å². The van der Waals surface area contributed by atoms with E-state index in [0.29, 0.717) is 0 Å². The van der Waals surface area contributed by atoms with Crippen molar-refractivity contribution in [2.45, 2.75) is 12.3 Å². The van der Waals surface area contributed by atoms with Crippen molar-refractivity contribution in [2.75, 3.05) is 19.7 Å². The number of hydrogen-bond donors (Lipinski definition) is 1. The SMILES string of the molecule is O=C(c1ccc[nH]c1=O)N1CCOC(C(F)(F)F)C1. The molecule has 1 N–H and O–H groups in total. The van der Waals surface area contributed by atoms with Crippen molar-refractivity contribution in [1.29, 1.82) is 0 Å². The van der Waals surface area contributed by atoms with E-state index in [-0.39, 0.29) is 18.7 Å². The predicted molar refractivity (Wildman–Crippen MR) is 58.8 cm³/mol. The number of H-pyrrole nitrogens is 1. The molecule has 104 valence electrons. The monoisotopic (exact) mass is 276 g/mol. The molecule has 1 unspecified atom stereocenters. The summed E-state index contributed by atoms with van der Waals surface area (Å²) in [5, 5.41) is 0. The van der Waals surface area contributed by atoms with Crippen LogP contribution >= 0.6 is 0 Å². The average Bonchev–Trinajstić information content (AvgIpc) is 2.38. The first-order chi connectivity index (χ1) is 8.89. The highest BCUT2D eigenvalue weighted by Gasteiger charge is 2.44. The lowest BCUT2D eigenvalue weighted by Gasteiger charge is -2.33. The van der Waals surface area contributed by atoms with Gasteiger partial charge in [0, 0.05) is 12.7 Å². The molecule has 0 aliphatic carbocycles. The van der Waals surface area contributed by atoms with E-state index >= 15 is 0 Å². The Morgan fingerprint density at radius 2 is 2.21 bits per heavy atom. The molecule has 19 heavy (non-hydrogen) atoms. The molecule has 1 aliphatic heterocycles. The van der Waals surface area contributed by atoms with E-state index in [2.05, 4.69) is 9.72 Å². The van der Waals surface area contributed by atoms with Gasteiger partial charge < -0.3 is 14.6 Å². The van der Waals surface area contributed by atoms with Gasteiger partial charge >= 0.3 is 6.18 Å². The van der Waals surface area contributed by atoms with Crippen LogP contribution in [-0.2, 0) is 4.74 Å². The number of carbonyl (C=O) groups is 1. The number of morpholine rings is 1. The molecular formula is C11H11F3N2O3. The van der Waals surface area contributed by atoms with Gasteiger partial charge in [0.15, 0.2) is 6.10 Å². The quantitative estimate of drug-likeness (QED) is 0.824. The van der Waals surface area contributed by atoms with E-state index in [9.17, 15) is 22.8 Å². The topological polar surface area (TPSA) is 62.4 Å². The van der Waals surface area contributed by atoms with Crippen LogP contribution in [0.4, 0.5) is 13.2 Å². The zero-order chi connectivity index (χ0) is 14.0. The van der Waals surface area contributed by atoms with Crippen LogP contribution in [0.3, 0.4) is 0 Å². The summed E-state index contributed by atoms with van der Waals surface area (Å²) in [6, 6.07) is 2.72. The molecule has 1 atom stereocenters. The van der Waals surface area contributed by atoms with Crippen LogP contribution in [0.2, 0.25) is 0 Å². The first kappa shape index (κ1) is 13.6. The fraction of sp³-hybridized carbons (Fsp3) is 0.455. The number of aromatic nitrogens is 1. The van der Waals surface area contributed by atoms with E-state index in [1.807, 2.05) is 0 Å². The molecule has 5 nitrogen and oxygen atoms in total. The van der Waals surface area contributed by atoms with Gasteiger partial charge in [0.25, 0.3) is 11.5 Å². The third-order valence-corrected chi connectivity index (χ3v) is 2.77. The molecule has 0 radical (unpaired) electrons. The van der Waals surface area contributed by atoms with Gasteiger partial charge in [0.1, 0.15) is 5.56 Å². The lowest BCUT2D eigenvalue weighted by molar-refractivity contribution is -0.233. The number of rotatable bonds is 1. The van der Waals surface area contributed by atoms with E-state index in [1.165, 1.54) is 18.3 Å². The minimum Gasteiger partial charge on any atom is -0.365 e. The highest BCUT2D eigenvalue weighted by atomic mass is 19.4. The number of aromatic amines is 1. The Bertz CT molecular complexity index is 526. The largest absolute Gasteiger partial charge is 0.416 e. The lowest BCUT2D eigenvalue weighted by Crippen LogP contribution is -2.51. The normalized spacial score (nSPS) is 20.4. The number of pyridine rings is 1. The van der Waals surface area contributed by atoms with Crippen molar-refractivity contribution in [3.8, 4) is 0 Å². The molecule has 2 heterocycles. The van der Waals surface area contributed by atoms with Crippen LogP contribution in [0.1, 0.15) is 10.4 Å². The van der Waals surface area contributed by atoms with Gasteiger partial charge in [0.05, 0.1) is 13.2 Å². The third kappa shape index (κ3) is 2.95. The van der Waals surface area contributed by atoms with Gasteiger partial charge in [-0.2, -0.15) is 13.2 Å². The molecule has 0 spiro atoms. The van der Waals surface area contributed by atoms with Gasteiger partial charge in [-0.1, -0.05) is 0 Å². The Morgan fingerprint density at radius 3 is 2.84 bits per heavy atom. The summed E-state index contributed by atoms with van der Waals surface area (Å²) < 4.78 is 42.2. The summed E-state index contributed by atoms with van der Waals surface area (Å²) in [5.41, 5.74) is -0.798. The zero-order valence-corrected chi connectivity index (χ0v) is 9.74. The Balaban J connectivity index is 2.16. The fourth-order valence-electron chi connectivity index (χ4n) is 1.79. The molecule has 0 saturated carbocycles. The van der Waals surface area contributed by atoms with E-state index in [0.717, 1.165) is 4.90 Å².